The van der Waals surface area contributed by atoms with E-state index < -0.39 is 0 Å². The van der Waals surface area contributed by atoms with Gasteiger partial charge in [0.1, 0.15) is 5.84 Å². The van der Waals surface area contributed by atoms with Crippen LogP contribution < -0.4 is 10.6 Å². The first-order valence-corrected chi connectivity index (χ1v) is 5.66. The number of rotatable bonds is 1. The van der Waals surface area contributed by atoms with Crippen LogP contribution in [0.4, 0.5) is 0 Å². The lowest BCUT2D eigenvalue weighted by molar-refractivity contribution is 0.257. The number of nitrogens with one attached hydrogen (secondary N) is 2. The Bertz CT molecular complexity index is 274. The maximum Gasteiger partial charge on any atom is 0.120 e. The van der Waals surface area contributed by atoms with Crippen LogP contribution >= 0.6 is 0 Å². The van der Waals surface area contributed by atoms with Crippen LogP contribution in [0.25, 0.3) is 0 Å². The Morgan fingerprint density at radius 2 is 2.13 bits per heavy atom. The molecular formula is C11H20N4. The average molecular weight is 208 g/mol. The van der Waals surface area contributed by atoms with Crippen molar-refractivity contribution in [2.75, 3.05) is 26.7 Å². The van der Waals surface area contributed by atoms with Gasteiger partial charge in [0.05, 0.1) is 12.6 Å². The Labute approximate surface area is 91.4 Å². The number of amidine groups is 1. The number of nitrogens with zero attached hydrogens (tertiary/aromatic N) is 2. The summed E-state index contributed by atoms with van der Waals surface area (Å²) in [6, 6.07) is 0.511. The van der Waals surface area contributed by atoms with E-state index in [9.17, 15) is 0 Å². The summed E-state index contributed by atoms with van der Waals surface area (Å²) in [5.74, 6) is 1.09. The second-order valence-electron chi connectivity index (χ2n) is 4.44. The van der Waals surface area contributed by atoms with Crippen molar-refractivity contribution in [2.45, 2.75) is 25.8 Å². The minimum atomic E-state index is 0.511. The summed E-state index contributed by atoms with van der Waals surface area (Å²) < 4.78 is 0. The Hall–Kier alpha value is -1.03. The molecule has 0 amide bonds. The van der Waals surface area contributed by atoms with Crippen LogP contribution in [-0.4, -0.2) is 43.5 Å². The fourth-order valence-corrected chi connectivity index (χ4v) is 2.03. The topological polar surface area (TPSA) is 39.7 Å². The van der Waals surface area contributed by atoms with Crippen LogP contribution in [0.3, 0.4) is 0 Å². The van der Waals surface area contributed by atoms with E-state index >= 15 is 0 Å². The molecule has 0 spiro atoms. The molecule has 4 nitrogen and oxygen atoms in total. The molecule has 0 aromatic heterocycles. The molecule has 0 unspecified atom stereocenters. The number of allylic oxidation sites excluding steroid dienone is 1. The molecule has 0 aromatic rings. The summed E-state index contributed by atoms with van der Waals surface area (Å²) >= 11 is 0. The molecule has 2 heterocycles. The SMILES string of the molecule is CC1=CNCC(=NC2CCN(C)CC2)N1. The minimum Gasteiger partial charge on any atom is -0.382 e. The highest BCUT2D eigenvalue weighted by Gasteiger charge is 2.16. The van der Waals surface area contributed by atoms with E-state index in [1.54, 1.807) is 0 Å². The summed E-state index contributed by atoms with van der Waals surface area (Å²) in [6.07, 6.45) is 4.36. The molecule has 15 heavy (non-hydrogen) atoms. The number of piperidine rings is 1. The van der Waals surface area contributed by atoms with Crippen LogP contribution in [-0.2, 0) is 0 Å². The zero-order chi connectivity index (χ0) is 10.7. The first kappa shape index (κ1) is 10.5. The second-order valence-corrected chi connectivity index (χ2v) is 4.44. The predicted octanol–water partition coefficient (Wildman–Crippen LogP) is 0.533. The van der Waals surface area contributed by atoms with Gasteiger partial charge in [-0.2, -0.15) is 0 Å². The van der Waals surface area contributed by atoms with E-state index in [2.05, 4.69) is 29.5 Å². The summed E-state index contributed by atoms with van der Waals surface area (Å²) in [5, 5.41) is 6.53. The molecule has 84 valence electrons. The van der Waals surface area contributed by atoms with Gasteiger partial charge in [-0.25, -0.2) is 0 Å². The first-order chi connectivity index (χ1) is 7.24. The Kier molecular flexibility index (Phi) is 3.26. The largest absolute Gasteiger partial charge is 0.382 e. The lowest BCUT2D eigenvalue weighted by Crippen LogP contribution is -2.39. The molecule has 4 heteroatoms. The third-order valence-electron chi connectivity index (χ3n) is 2.96. The zero-order valence-electron chi connectivity index (χ0n) is 9.58. The van der Waals surface area contributed by atoms with Crippen LogP contribution in [0.5, 0.6) is 0 Å². The lowest BCUT2D eigenvalue weighted by Gasteiger charge is -2.27. The Morgan fingerprint density at radius 1 is 1.40 bits per heavy atom. The van der Waals surface area contributed by atoms with Crippen molar-refractivity contribution >= 4 is 5.84 Å². The van der Waals surface area contributed by atoms with Crippen LogP contribution in [0.1, 0.15) is 19.8 Å². The van der Waals surface area contributed by atoms with Gasteiger partial charge in [0.2, 0.25) is 0 Å². The van der Waals surface area contributed by atoms with Crippen LogP contribution in [0, 0.1) is 0 Å². The molecule has 2 rings (SSSR count). The summed E-state index contributed by atoms with van der Waals surface area (Å²) in [5.41, 5.74) is 1.15. The van der Waals surface area contributed by atoms with Gasteiger partial charge in [-0.1, -0.05) is 0 Å². The molecule has 0 bridgehead atoms. The summed E-state index contributed by atoms with van der Waals surface area (Å²) in [6.45, 7) is 5.23. The zero-order valence-corrected chi connectivity index (χ0v) is 9.58. The molecule has 2 aliphatic heterocycles. The quantitative estimate of drug-likeness (QED) is 0.660. The fraction of sp³-hybridized carbons (Fsp3) is 0.727. The van der Waals surface area contributed by atoms with Crippen molar-refractivity contribution in [3.05, 3.63) is 11.9 Å². The molecule has 1 fully saturated rings. The van der Waals surface area contributed by atoms with E-state index in [-0.39, 0.29) is 0 Å². The number of likely N-dealkylation sites (tertiary alicyclic amines) is 1. The van der Waals surface area contributed by atoms with Crippen LogP contribution in [0.15, 0.2) is 16.9 Å². The number of aliphatic imine (C=N–C) groups is 1. The maximum absolute atomic E-state index is 4.76. The normalized spacial score (nSPS) is 27.1. The minimum absolute atomic E-state index is 0.511. The van der Waals surface area contributed by atoms with Gasteiger partial charge < -0.3 is 15.5 Å². The van der Waals surface area contributed by atoms with Crippen molar-refractivity contribution in [3.63, 3.8) is 0 Å². The molecule has 0 radical (unpaired) electrons. The number of hydrogen-bond acceptors (Lipinski definition) is 3. The lowest BCUT2D eigenvalue weighted by atomic mass is 10.1. The van der Waals surface area contributed by atoms with Crippen molar-refractivity contribution in [1.82, 2.24) is 15.5 Å². The van der Waals surface area contributed by atoms with E-state index in [1.165, 1.54) is 25.9 Å². The predicted molar refractivity (Wildman–Crippen MR) is 62.8 cm³/mol. The van der Waals surface area contributed by atoms with Crippen molar-refractivity contribution in [2.24, 2.45) is 4.99 Å². The average Bonchev–Trinajstić information content (AvgIpc) is 2.22. The highest BCUT2D eigenvalue weighted by Crippen LogP contribution is 2.12. The van der Waals surface area contributed by atoms with Crippen molar-refractivity contribution < 1.29 is 0 Å². The third kappa shape index (κ3) is 2.96. The fourth-order valence-electron chi connectivity index (χ4n) is 2.03. The van der Waals surface area contributed by atoms with Gasteiger partial charge in [0, 0.05) is 11.9 Å². The molecule has 2 N–H and O–H groups in total. The molecule has 0 aliphatic carbocycles. The third-order valence-corrected chi connectivity index (χ3v) is 2.96. The maximum atomic E-state index is 4.76. The number of hydrogen-bond donors (Lipinski definition) is 2. The Morgan fingerprint density at radius 3 is 2.80 bits per heavy atom. The molecular weight excluding hydrogens is 188 g/mol. The second kappa shape index (κ2) is 4.66. The van der Waals surface area contributed by atoms with E-state index in [0.29, 0.717) is 6.04 Å². The summed E-state index contributed by atoms with van der Waals surface area (Å²) in [4.78, 5) is 7.12. The standard InChI is InChI=1S/C11H20N4/c1-9-7-12-8-11(13-9)14-10-3-5-15(2)6-4-10/h7,10,12H,3-6,8H2,1-2H3,(H,13,14). The van der Waals surface area contributed by atoms with Gasteiger partial charge in [0.25, 0.3) is 0 Å². The van der Waals surface area contributed by atoms with Crippen LogP contribution in [0.2, 0.25) is 0 Å². The molecule has 0 saturated carbocycles. The highest BCUT2D eigenvalue weighted by atomic mass is 15.1. The van der Waals surface area contributed by atoms with Crippen molar-refractivity contribution in [1.29, 1.82) is 0 Å². The Balaban J connectivity index is 1.90. The molecule has 0 aromatic carbocycles. The van der Waals surface area contributed by atoms with Gasteiger partial charge in [-0.3, -0.25) is 4.99 Å². The first-order valence-electron chi connectivity index (χ1n) is 5.66. The smallest absolute Gasteiger partial charge is 0.120 e. The molecule has 2 aliphatic rings. The highest BCUT2D eigenvalue weighted by molar-refractivity contribution is 5.86. The van der Waals surface area contributed by atoms with Gasteiger partial charge >= 0.3 is 0 Å². The van der Waals surface area contributed by atoms with Crippen molar-refractivity contribution in [3.8, 4) is 0 Å². The monoisotopic (exact) mass is 208 g/mol. The molecule has 1 saturated heterocycles. The van der Waals surface area contributed by atoms with E-state index in [0.717, 1.165) is 18.1 Å². The van der Waals surface area contributed by atoms with E-state index in [4.69, 9.17) is 4.99 Å². The van der Waals surface area contributed by atoms with E-state index in [1.807, 2.05) is 6.20 Å². The summed E-state index contributed by atoms with van der Waals surface area (Å²) in [7, 11) is 2.18. The van der Waals surface area contributed by atoms with Gasteiger partial charge in [-0.05, 0) is 39.9 Å². The van der Waals surface area contributed by atoms with Gasteiger partial charge in [-0.15, -0.1) is 0 Å². The molecule has 0 atom stereocenters. The van der Waals surface area contributed by atoms with Gasteiger partial charge in [0.15, 0.2) is 0 Å².